The molecule has 0 saturated carbocycles. The van der Waals surface area contributed by atoms with Gasteiger partial charge in [0, 0.05) is 16.8 Å². The molecule has 1 N–H and O–H groups in total. The molecule has 0 saturated heterocycles. The maximum absolute atomic E-state index is 10.6. The van der Waals surface area contributed by atoms with Gasteiger partial charge >= 0.3 is 5.97 Å². The van der Waals surface area contributed by atoms with E-state index < -0.39 is 5.97 Å². The summed E-state index contributed by atoms with van der Waals surface area (Å²) < 4.78 is 0. The third-order valence-electron chi connectivity index (χ3n) is 2.19. The summed E-state index contributed by atoms with van der Waals surface area (Å²) >= 11 is 1.72. The van der Waals surface area contributed by atoms with Gasteiger partial charge in [-0.05, 0) is 18.1 Å². The molecule has 0 bridgehead atoms. The van der Waals surface area contributed by atoms with Gasteiger partial charge in [0.15, 0.2) is 0 Å². The number of hydrogen-bond donors (Lipinski definition) is 1. The number of carboxylic acids is 1. The molecular weight excluding hydrogens is 210 g/mol. The smallest absolute Gasteiger partial charge is 0.354 e. The van der Waals surface area contributed by atoms with E-state index in [2.05, 4.69) is 18.8 Å². The molecule has 15 heavy (non-hydrogen) atoms. The van der Waals surface area contributed by atoms with Gasteiger partial charge < -0.3 is 5.11 Å². The van der Waals surface area contributed by atoms with Crippen molar-refractivity contribution in [3.8, 4) is 0 Å². The summed E-state index contributed by atoms with van der Waals surface area (Å²) in [4.78, 5) is 15.4. The Kier molecular flexibility index (Phi) is 4.62. The lowest BCUT2D eigenvalue weighted by molar-refractivity contribution is 0.0690. The Morgan fingerprint density at radius 1 is 1.60 bits per heavy atom. The fraction of sp³-hybridized carbons (Fsp3) is 0.455. The molecule has 0 radical (unpaired) electrons. The second kappa shape index (κ2) is 5.75. The molecule has 3 nitrogen and oxygen atoms in total. The van der Waals surface area contributed by atoms with Gasteiger partial charge in [-0.1, -0.05) is 20.3 Å². The van der Waals surface area contributed by atoms with Crippen LogP contribution >= 0.6 is 11.8 Å². The Hall–Kier alpha value is -1.03. The van der Waals surface area contributed by atoms with E-state index in [9.17, 15) is 4.79 Å². The molecule has 1 rings (SSSR count). The summed E-state index contributed by atoms with van der Waals surface area (Å²) in [5.41, 5.74) is 0.0999. The number of aromatic nitrogens is 1. The summed E-state index contributed by atoms with van der Waals surface area (Å²) in [6.45, 7) is 4.36. The molecule has 0 fully saturated rings. The topological polar surface area (TPSA) is 50.2 Å². The lowest BCUT2D eigenvalue weighted by Gasteiger charge is -2.07. The molecule has 0 aromatic carbocycles. The predicted octanol–water partition coefficient (Wildman–Crippen LogP) is 2.92. The SMILES string of the molecule is CCC(C)CSc1ccc(C(=O)O)nc1. The van der Waals surface area contributed by atoms with Crippen LogP contribution in [0.2, 0.25) is 0 Å². The van der Waals surface area contributed by atoms with Crippen molar-refractivity contribution in [3.63, 3.8) is 0 Å². The first-order valence-corrected chi connectivity index (χ1v) is 5.94. The van der Waals surface area contributed by atoms with Crippen LogP contribution in [0.25, 0.3) is 0 Å². The fourth-order valence-corrected chi connectivity index (χ4v) is 1.95. The average molecular weight is 225 g/mol. The maximum Gasteiger partial charge on any atom is 0.354 e. The minimum absolute atomic E-state index is 0.0999. The standard InChI is InChI=1S/C11H15NO2S/c1-3-8(2)7-15-9-4-5-10(11(13)14)12-6-9/h4-6,8H,3,7H2,1-2H3,(H,13,14). The van der Waals surface area contributed by atoms with E-state index in [0.717, 1.165) is 17.1 Å². The number of pyridine rings is 1. The van der Waals surface area contributed by atoms with Crippen LogP contribution in [0.4, 0.5) is 0 Å². The summed E-state index contributed by atoms with van der Waals surface area (Å²) in [6, 6.07) is 3.35. The lowest BCUT2D eigenvalue weighted by atomic mass is 10.2. The summed E-state index contributed by atoms with van der Waals surface area (Å²) in [5.74, 6) is 0.743. The van der Waals surface area contributed by atoms with E-state index in [4.69, 9.17) is 5.11 Å². The van der Waals surface area contributed by atoms with Gasteiger partial charge in [0.2, 0.25) is 0 Å². The quantitative estimate of drug-likeness (QED) is 0.783. The Morgan fingerprint density at radius 3 is 2.80 bits per heavy atom. The first kappa shape index (κ1) is 12.0. The van der Waals surface area contributed by atoms with Crippen LogP contribution in [-0.4, -0.2) is 21.8 Å². The molecule has 0 aliphatic rings. The van der Waals surface area contributed by atoms with Crippen molar-refractivity contribution in [2.24, 2.45) is 5.92 Å². The van der Waals surface area contributed by atoms with E-state index in [1.807, 2.05) is 6.07 Å². The van der Waals surface area contributed by atoms with Gasteiger partial charge in [-0.2, -0.15) is 0 Å². The van der Waals surface area contributed by atoms with Gasteiger partial charge in [0.25, 0.3) is 0 Å². The number of aromatic carboxylic acids is 1. The van der Waals surface area contributed by atoms with Crippen LogP contribution in [0.15, 0.2) is 23.2 Å². The van der Waals surface area contributed by atoms with E-state index in [-0.39, 0.29) is 5.69 Å². The largest absolute Gasteiger partial charge is 0.477 e. The number of carboxylic acid groups (broad SMARTS) is 1. The number of thioether (sulfide) groups is 1. The number of hydrogen-bond acceptors (Lipinski definition) is 3. The first-order valence-electron chi connectivity index (χ1n) is 4.95. The van der Waals surface area contributed by atoms with Crippen molar-refractivity contribution in [1.82, 2.24) is 4.98 Å². The van der Waals surface area contributed by atoms with Gasteiger partial charge in [-0.15, -0.1) is 11.8 Å². The van der Waals surface area contributed by atoms with Gasteiger partial charge in [-0.3, -0.25) is 0 Å². The predicted molar refractivity (Wildman–Crippen MR) is 61.4 cm³/mol. The average Bonchev–Trinajstić information content (AvgIpc) is 2.26. The zero-order valence-corrected chi connectivity index (χ0v) is 9.75. The number of rotatable bonds is 5. The zero-order chi connectivity index (χ0) is 11.3. The Labute approximate surface area is 93.9 Å². The highest BCUT2D eigenvalue weighted by atomic mass is 32.2. The normalized spacial score (nSPS) is 12.4. The van der Waals surface area contributed by atoms with Crippen LogP contribution in [-0.2, 0) is 0 Å². The maximum atomic E-state index is 10.6. The molecular formula is C11H15NO2S. The van der Waals surface area contributed by atoms with Crippen molar-refractivity contribution in [1.29, 1.82) is 0 Å². The summed E-state index contributed by atoms with van der Waals surface area (Å²) in [7, 11) is 0. The third kappa shape index (κ3) is 3.91. The molecule has 0 aliphatic carbocycles. The molecule has 1 aromatic heterocycles. The van der Waals surface area contributed by atoms with Crippen LogP contribution in [0.3, 0.4) is 0 Å². The molecule has 0 amide bonds. The third-order valence-corrected chi connectivity index (χ3v) is 3.50. The van der Waals surface area contributed by atoms with Crippen molar-refractivity contribution in [2.45, 2.75) is 25.2 Å². The van der Waals surface area contributed by atoms with E-state index in [0.29, 0.717) is 5.92 Å². The highest BCUT2D eigenvalue weighted by molar-refractivity contribution is 7.99. The minimum Gasteiger partial charge on any atom is -0.477 e. The Balaban J connectivity index is 2.53. The molecule has 0 spiro atoms. The molecule has 1 heterocycles. The van der Waals surface area contributed by atoms with Crippen molar-refractivity contribution in [3.05, 3.63) is 24.0 Å². The van der Waals surface area contributed by atoms with Crippen LogP contribution in [0, 0.1) is 5.92 Å². The van der Waals surface area contributed by atoms with Gasteiger partial charge in [0.05, 0.1) is 0 Å². The van der Waals surface area contributed by atoms with Crippen LogP contribution < -0.4 is 0 Å². The van der Waals surface area contributed by atoms with Gasteiger partial charge in [0.1, 0.15) is 5.69 Å². The highest BCUT2D eigenvalue weighted by Crippen LogP contribution is 2.21. The lowest BCUT2D eigenvalue weighted by Crippen LogP contribution is -1.99. The van der Waals surface area contributed by atoms with Crippen molar-refractivity contribution < 1.29 is 9.90 Å². The van der Waals surface area contributed by atoms with E-state index >= 15 is 0 Å². The number of nitrogens with zero attached hydrogens (tertiary/aromatic N) is 1. The van der Waals surface area contributed by atoms with Crippen LogP contribution in [0.1, 0.15) is 30.8 Å². The number of carbonyl (C=O) groups is 1. The van der Waals surface area contributed by atoms with Gasteiger partial charge in [-0.25, -0.2) is 9.78 Å². The van der Waals surface area contributed by atoms with Crippen LogP contribution in [0.5, 0.6) is 0 Å². The summed E-state index contributed by atoms with van der Waals surface area (Å²) in [6.07, 6.45) is 2.78. The fourth-order valence-electron chi connectivity index (χ4n) is 0.949. The zero-order valence-electron chi connectivity index (χ0n) is 8.93. The van der Waals surface area contributed by atoms with Crippen molar-refractivity contribution in [2.75, 3.05) is 5.75 Å². The van der Waals surface area contributed by atoms with Crippen molar-refractivity contribution >= 4 is 17.7 Å². The second-order valence-electron chi connectivity index (χ2n) is 3.51. The molecule has 1 atom stereocenters. The van der Waals surface area contributed by atoms with E-state index in [1.165, 1.54) is 0 Å². The highest BCUT2D eigenvalue weighted by Gasteiger charge is 2.04. The Bertz CT molecular complexity index is 324. The first-order chi connectivity index (χ1) is 7.13. The molecule has 4 heteroatoms. The monoisotopic (exact) mass is 225 g/mol. The van der Waals surface area contributed by atoms with E-state index in [1.54, 1.807) is 24.0 Å². The second-order valence-corrected chi connectivity index (χ2v) is 4.60. The molecule has 1 aromatic rings. The molecule has 1 unspecified atom stereocenters. The molecule has 82 valence electrons. The minimum atomic E-state index is -0.978. The molecule has 0 aliphatic heterocycles. The Morgan fingerprint density at radius 2 is 2.33 bits per heavy atom. The summed E-state index contributed by atoms with van der Waals surface area (Å²) in [5, 5.41) is 8.66.